The molecule has 0 radical (unpaired) electrons. The van der Waals surface area contributed by atoms with Crippen LogP contribution in [0.2, 0.25) is 0 Å². The van der Waals surface area contributed by atoms with Crippen molar-refractivity contribution in [3.8, 4) is 11.3 Å². The van der Waals surface area contributed by atoms with Crippen molar-refractivity contribution in [3.63, 3.8) is 0 Å². The Hall–Kier alpha value is -3.81. The maximum atomic E-state index is 13.9. The lowest BCUT2D eigenvalue weighted by atomic mass is 10.1. The normalized spacial score (nSPS) is 15.6. The second-order valence-electron chi connectivity index (χ2n) is 7.43. The van der Waals surface area contributed by atoms with Crippen molar-refractivity contribution < 1.29 is 23.5 Å². The maximum Gasteiger partial charge on any atom is 0.404 e. The molecule has 1 atom stereocenters. The predicted octanol–water partition coefficient (Wildman–Crippen LogP) is 4.43. The summed E-state index contributed by atoms with van der Waals surface area (Å²) < 4.78 is 19.4. The van der Waals surface area contributed by atoms with Gasteiger partial charge in [-0.2, -0.15) is 0 Å². The van der Waals surface area contributed by atoms with Crippen LogP contribution in [0.5, 0.6) is 0 Å². The van der Waals surface area contributed by atoms with Gasteiger partial charge in [-0.05, 0) is 60.9 Å². The molecule has 0 spiro atoms. The fraction of sp³-hybridized carbons (Fsp3) is 0.217. The van der Waals surface area contributed by atoms with Crippen molar-refractivity contribution in [1.29, 1.82) is 0 Å². The van der Waals surface area contributed by atoms with E-state index in [1.54, 1.807) is 36.4 Å². The standard InChI is InChI=1S/C23H22FN3O4/c24-19-4-2-1-3-18(19)20-9-10-21(31-20)22(28)26-16-5-7-17(8-6-16)27-12-11-15(14-27)13-25-23(29)30/h1-10,15,25H,11-14H2,(H,26,28)(H,29,30). The monoisotopic (exact) mass is 423 g/mol. The highest BCUT2D eigenvalue weighted by atomic mass is 19.1. The average molecular weight is 423 g/mol. The third-order valence-electron chi connectivity index (χ3n) is 5.29. The van der Waals surface area contributed by atoms with E-state index in [2.05, 4.69) is 15.5 Å². The number of benzene rings is 2. The Balaban J connectivity index is 1.36. The number of hydrogen-bond acceptors (Lipinski definition) is 4. The molecule has 0 bridgehead atoms. The second kappa shape index (κ2) is 8.91. The van der Waals surface area contributed by atoms with Crippen molar-refractivity contribution in [2.24, 2.45) is 5.92 Å². The highest BCUT2D eigenvalue weighted by Gasteiger charge is 2.23. The minimum Gasteiger partial charge on any atom is -0.465 e. The smallest absolute Gasteiger partial charge is 0.404 e. The van der Waals surface area contributed by atoms with E-state index in [1.807, 2.05) is 12.1 Å². The number of nitrogens with one attached hydrogen (secondary N) is 2. The number of hydrogen-bond donors (Lipinski definition) is 3. The van der Waals surface area contributed by atoms with Gasteiger partial charge in [-0.1, -0.05) is 12.1 Å². The lowest BCUT2D eigenvalue weighted by molar-refractivity contribution is 0.0997. The highest BCUT2D eigenvalue weighted by molar-refractivity contribution is 6.02. The van der Waals surface area contributed by atoms with Gasteiger partial charge in [0.25, 0.3) is 5.91 Å². The third-order valence-corrected chi connectivity index (χ3v) is 5.29. The summed E-state index contributed by atoms with van der Waals surface area (Å²) in [4.78, 5) is 25.3. The quantitative estimate of drug-likeness (QED) is 0.545. The first-order valence-corrected chi connectivity index (χ1v) is 9.97. The summed E-state index contributed by atoms with van der Waals surface area (Å²) in [6.45, 7) is 2.07. The molecule has 2 aromatic carbocycles. The van der Waals surface area contributed by atoms with Gasteiger partial charge in [-0.15, -0.1) is 0 Å². The molecule has 1 saturated heterocycles. The Labute approximate surface area is 178 Å². The van der Waals surface area contributed by atoms with Gasteiger partial charge in [-0.3, -0.25) is 4.79 Å². The molecule has 0 saturated carbocycles. The van der Waals surface area contributed by atoms with Gasteiger partial charge in [0.15, 0.2) is 5.76 Å². The molecule has 8 heteroatoms. The molecule has 1 aliphatic rings. The molecular formula is C23H22FN3O4. The molecule has 1 aromatic heterocycles. The van der Waals surface area contributed by atoms with Crippen molar-refractivity contribution >= 4 is 23.4 Å². The van der Waals surface area contributed by atoms with Crippen LogP contribution >= 0.6 is 0 Å². The van der Waals surface area contributed by atoms with Gasteiger partial charge in [-0.25, -0.2) is 9.18 Å². The number of anilines is 2. The van der Waals surface area contributed by atoms with Crippen molar-refractivity contribution in [2.45, 2.75) is 6.42 Å². The number of furan rings is 1. The van der Waals surface area contributed by atoms with Crippen LogP contribution in [0.1, 0.15) is 17.0 Å². The van der Waals surface area contributed by atoms with Crippen LogP contribution in [0.15, 0.2) is 65.1 Å². The van der Waals surface area contributed by atoms with Gasteiger partial charge in [0.05, 0.1) is 5.56 Å². The fourth-order valence-corrected chi connectivity index (χ4v) is 3.68. The minimum absolute atomic E-state index is 0.0932. The largest absolute Gasteiger partial charge is 0.465 e. The molecule has 1 aliphatic heterocycles. The summed E-state index contributed by atoms with van der Waals surface area (Å²) in [6, 6.07) is 16.7. The van der Waals surface area contributed by atoms with Gasteiger partial charge in [0, 0.05) is 31.0 Å². The lowest BCUT2D eigenvalue weighted by Crippen LogP contribution is -2.29. The molecule has 2 heterocycles. The SMILES string of the molecule is O=C(O)NCC1CCN(c2ccc(NC(=O)c3ccc(-c4ccccc4F)o3)cc2)C1. The van der Waals surface area contributed by atoms with Crippen LogP contribution < -0.4 is 15.5 Å². The molecule has 2 amide bonds. The highest BCUT2D eigenvalue weighted by Crippen LogP contribution is 2.27. The molecule has 3 aromatic rings. The van der Waals surface area contributed by atoms with Crippen LogP contribution in [0.25, 0.3) is 11.3 Å². The maximum absolute atomic E-state index is 13.9. The Bertz CT molecular complexity index is 1080. The summed E-state index contributed by atoms with van der Waals surface area (Å²) in [5.41, 5.74) is 1.92. The molecule has 3 N–H and O–H groups in total. The van der Waals surface area contributed by atoms with Gasteiger partial charge >= 0.3 is 6.09 Å². The number of nitrogens with zero attached hydrogens (tertiary/aromatic N) is 1. The van der Waals surface area contributed by atoms with Gasteiger partial charge < -0.3 is 25.1 Å². The Kier molecular flexibility index (Phi) is 5.88. The average Bonchev–Trinajstić information content (AvgIpc) is 3.43. The zero-order chi connectivity index (χ0) is 21.8. The van der Waals surface area contributed by atoms with Crippen LogP contribution in [0, 0.1) is 11.7 Å². The Morgan fingerprint density at radius 3 is 2.61 bits per heavy atom. The number of carboxylic acid groups (broad SMARTS) is 1. The molecule has 0 aliphatic carbocycles. The first-order valence-electron chi connectivity index (χ1n) is 9.97. The molecule has 4 rings (SSSR count). The van der Waals surface area contributed by atoms with Gasteiger partial charge in [0.1, 0.15) is 11.6 Å². The molecule has 160 valence electrons. The van der Waals surface area contributed by atoms with Crippen molar-refractivity contribution in [2.75, 3.05) is 29.9 Å². The second-order valence-corrected chi connectivity index (χ2v) is 7.43. The lowest BCUT2D eigenvalue weighted by Gasteiger charge is -2.19. The minimum atomic E-state index is -1.00. The molecular weight excluding hydrogens is 401 g/mol. The zero-order valence-corrected chi connectivity index (χ0v) is 16.7. The van der Waals surface area contributed by atoms with Crippen molar-refractivity contribution in [3.05, 3.63) is 72.2 Å². The molecule has 1 unspecified atom stereocenters. The van der Waals surface area contributed by atoms with E-state index in [4.69, 9.17) is 9.52 Å². The van der Waals surface area contributed by atoms with Crippen LogP contribution in [-0.2, 0) is 0 Å². The van der Waals surface area contributed by atoms with E-state index < -0.39 is 17.8 Å². The van der Waals surface area contributed by atoms with E-state index in [9.17, 15) is 14.0 Å². The van der Waals surface area contributed by atoms with E-state index in [0.29, 0.717) is 23.6 Å². The van der Waals surface area contributed by atoms with Crippen LogP contribution in [0.3, 0.4) is 0 Å². The number of carbonyl (C=O) groups is 2. The molecule has 7 nitrogen and oxygen atoms in total. The molecule has 31 heavy (non-hydrogen) atoms. The summed E-state index contributed by atoms with van der Waals surface area (Å²) in [6.07, 6.45) is -0.0853. The predicted molar refractivity (Wildman–Crippen MR) is 115 cm³/mol. The number of rotatable bonds is 6. The van der Waals surface area contributed by atoms with Crippen molar-refractivity contribution in [1.82, 2.24) is 5.32 Å². The first kappa shape index (κ1) is 20.5. The van der Waals surface area contributed by atoms with Crippen LogP contribution in [0.4, 0.5) is 20.6 Å². The number of carbonyl (C=O) groups excluding carboxylic acids is 1. The topological polar surface area (TPSA) is 94.8 Å². The third kappa shape index (κ3) is 4.85. The Morgan fingerprint density at radius 1 is 1.10 bits per heavy atom. The number of amides is 2. The fourth-order valence-electron chi connectivity index (χ4n) is 3.68. The number of halogens is 1. The summed E-state index contributed by atoms with van der Waals surface area (Å²) in [5, 5.41) is 13.9. The summed E-state index contributed by atoms with van der Waals surface area (Å²) >= 11 is 0. The van der Waals surface area contributed by atoms with Crippen LogP contribution in [-0.4, -0.2) is 36.7 Å². The zero-order valence-electron chi connectivity index (χ0n) is 16.7. The molecule has 1 fully saturated rings. The van der Waals surface area contributed by atoms with E-state index in [-0.39, 0.29) is 11.7 Å². The van der Waals surface area contributed by atoms with E-state index >= 15 is 0 Å². The van der Waals surface area contributed by atoms with E-state index in [1.165, 1.54) is 12.1 Å². The Morgan fingerprint density at radius 2 is 1.87 bits per heavy atom. The van der Waals surface area contributed by atoms with Gasteiger partial charge in [0.2, 0.25) is 0 Å². The summed E-state index contributed by atoms with van der Waals surface area (Å²) in [5.74, 6) is -0.174. The van der Waals surface area contributed by atoms with E-state index in [0.717, 1.165) is 25.2 Å². The first-order chi connectivity index (χ1) is 15.0. The summed E-state index contributed by atoms with van der Waals surface area (Å²) in [7, 11) is 0.